The standard InChI is InChI=1S/C11H9NO5/c1-3-7(2)17-10-5-4-8(11(13)14)6-9(10)12(15)16/h1,4-7H,2H3,(H,13,14). The zero-order valence-electron chi connectivity index (χ0n) is 8.91. The van der Waals surface area contributed by atoms with Crippen LogP contribution in [0.4, 0.5) is 5.69 Å². The summed E-state index contributed by atoms with van der Waals surface area (Å²) in [5.41, 5.74) is -0.607. The Morgan fingerprint density at radius 1 is 1.65 bits per heavy atom. The molecule has 0 aromatic heterocycles. The summed E-state index contributed by atoms with van der Waals surface area (Å²) in [7, 11) is 0. The number of carboxylic acids is 1. The Morgan fingerprint density at radius 2 is 2.29 bits per heavy atom. The van der Waals surface area contributed by atoms with E-state index in [1.54, 1.807) is 6.92 Å². The number of hydrogen-bond acceptors (Lipinski definition) is 4. The highest BCUT2D eigenvalue weighted by Gasteiger charge is 2.19. The summed E-state index contributed by atoms with van der Waals surface area (Å²) >= 11 is 0. The predicted octanol–water partition coefficient (Wildman–Crippen LogP) is 1.69. The number of terminal acetylenes is 1. The Morgan fingerprint density at radius 3 is 2.76 bits per heavy atom. The average molecular weight is 235 g/mol. The molecule has 1 aromatic rings. The minimum absolute atomic E-state index is 0.0505. The van der Waals surface area contributed by atoms with Gasteiger partial charge in [0.05, 0.1) is 10.5 Å². The fourth-order valence-corrected chi connectivity index (χ4v) is 1.12. The topological polar surface area (TPSA) is 89.7 Å². The third-order valence-corrected chi connectivity index (χ3v) is 1.94. The van der Waals surface area contributed by atoms with E-state index in [1.165, 1.54) is 12.1 Å². The van der Waals surface area contributed by atoms with Gasteiger partial charge in [-0.05, 0) is 19.1 Å². The summed E-state index contributed by atoms with van der Waals surface area (Å²) in [6.45, 7) is 1.55. The molecule has 0 heterocycles. The number of nitrogens with zero attached hydrogens (tertiary/aromatic N) is 1. The highest BCUT2D eigenvalue weighted by atomic mass is 16.6. The molecule has 1 rings (SSSR count). The van der Waals surface area contributed by atoms with E-state index in [-0.39, 0.29) is 11.3 Å². The van der Waals surface area contributed by atoms with Crippen LogP contribution in [0.25, 0.3) is 0 Å². The Kier molecular flexibility index (Phi) is 3.67. The lowest BCUT2D eigenvalue weighted by molar-refractivity contribution is -0.386. The highest BCUT2D eigenvalue weighted by molar-refractivity contribution is 5.88. The molecule has 0 amide bonds. The van der Waals surface area contributed by atoms with Gasteiger partial charge in [-0.2, -0.15) is 0 Å². The zero-order chi connectivity index (χ0) is 13.0. The van der Waals surface area contributed by atoms with Gasteiger partial charge in [0.25, 0.3) is 0 Å². The van der Waals surface area contributed by atoms with Crippen LogP contribution in [0.3, 0.4) is 0 Å². The Balaban J connectivity index is 3.18. The Labute approximate surface area is 97.0 Å². The molecule has 88 valence electrons. The number of benzene rings is 1. The molecule has 6 nitrogen and oxygen atoms in total. The minimum Gasteiger partial charge on any atom is -0.478 e. The van der Waals surface area contributed by atoms with Gasteiger partial charge >= 0.3 is 11.7 Å². The van der Waals surface area contributed by atoms with E-state index in [2.05, 4.69) is 5.92 Å². The van der Waals surface area contributed by atoms with Crippen molar-refractivity contribution in [2.45, 2.75) is 13.0 Å². The summed E-state index contributed by atoms with van der Waals surface area (Å²) in [6.07, 6.45) is 4.45. The van der Waals surface area contributed by atoms with Crippen LogP contribution < -0.4 is 4.74 Å². The minimum atomic E-state index is -1.25. The van der Waals surface area contributed by atoms with Gasteiger partial charge in [-0.15, -0.1) is 6.42 Å². The highest BCUT2D eigenvalue weighted by Crippen LogP contribution is 2.28. The summed E-state index contributed by atoms with van der Waals surface area (Å²) < 4.78 is 5.12. The lowest BCUT2D eigenvalue weighted by Crippen LogP contribution is -2.10. The fraction of sp³-hybridized carbons (Fsp3) is 0.182. The molecule has 17 heavy (non-hydrogen) atoms. The van der Waals surface area contributed by atoms with Gasteiger partial charge in [-0.1, -0.05) is 5.92 Å². The number of nitro groups is 1. The molecule has 0 aliphatic rings. The second-order valence-corrected chi connectivity index (χ2v) is 3.17. The number of rotatable bonds is 4. The lowest BCUT2D eigenvalue weighted by Gasteiger charge is -2.09. The first-order valence-corrected chi connectivity index (χ1v) is 4.60. The van der Waals surface area contributed by atoms with Gasteiger partial charge in [0.1, 0.15) is 0 Å². The van der Waals surface area contributed by atoms with Crippen LogP contribution in [0.2, 0.25) is 0 Å². The van der Waals surface area contributed by atoms with E-state index in [0.29, 0.717) is 0 Å². The smallest absolute Gasteiger partial charge is 0.335 e. The van der Waals surface area contributed by atoms with Crippen molar-refractivity contribution < 1.29 is 19.6 Å². The number of ether oxygens (including phenoxy) is 1. The van der Waals surface area contributed by atoms with Crippen LogP contribution in [0.5, 0.6) is 5.75 Å². The molecule has 1 aromatic carbocycles. The second-order valence-electron chi connectivity index (χ2n) is 3.17. The Hall–Kier alpha value is -2.55. The molecule has 0 bridgehead atoms. The van der Waals surface area contributed by atoms with Gasteiger partial charge in [-0.3, -0.25) is 10.1 Å². The molecule has 0 saturated carbocycles. The number of carbonyl (C=O) groups is 1. The van der Waals surface area contributed by atoms with Crippen LogP contribution in [0, 0.1) is 22.5 Å². The molecule has 0 spiro atoms. The molecule has 0 aliphatic carbocycles. The molecule has 1 unspecified atom stereocenters. The van der Waals surface area contributed by atoms with Crippen molar-refractivity contribution >= 4 is 11.7 Å². The van der Waals surface area contributed by atoms with E-state index < -0.39 is 22.7 Å². The van der Waals surface area contributed by atoms with Crippen molar-refractivity contribution in [3.8, 4) is 18.1 Å². The van der Waals surface area contributed by atoms with Crippen LogP contribution in [0.1, 0.15) is 17.3 Å². The molecule has 6 heteroatoms. The third-order valence-electron chi connectivity index (χ3n) is 1.94. The van der Waals surface area contributed by atoms with Gasteiger partial charge in [0, 0.05) is 6.07 Å². The second kappa shape index (κ2) is 4.99. The molecule has 1 atom stereocenters. The monoisotopic (exact) mass is 235 g/mol. The quantitative estimate of drug-likeness (QED) is 0.487. The summed E-state index contributed by atoms with van der Waals surface area (Å²) in [5, 5.41) is 19.5. The lowest BCUT2D eigenvalue weighted by atomic mass is 10.2. The first-order valence-electron chi connectivity index (χ1n) is 4.60. The normalized spacial score (nSPS) is 11.3. The van der Waals surface area contributed by atoms with Crippen LogP contribution in [-0.2, 0) is 0 Å². The van der Waals surface area contributed by atoms with Crippen molar-refractivity contribution in [3.63, 3.8) is 0 Å². The summed E-state index contributed by atoms with van der Waals surface area (Å²) in [6, 6.07) is 3.37. The number of aromatic carboxylic acids is 1. The predicted molar refractivity (Wildman–Crippen MR) is 59.0 cm³/mol. The van der Waals surface area contributed by atoms with Gasteiger partial charge in [-0.25, -0.2) is 4.79 Å². The molecule has 0 saturated heterocycles. The van der Waals surface area contributed by atoms with Crippen molar-refractivity contribution in [2.24, 2.45) is 0 Å². The van der Waals surface area contributed by atoms with E-state index >= 15 is 0 Å². The molecule has 1 N–H and O–H groups in total. The van der Waals surface area contributed by atoms with Gasteiger partial charge in [0.2, 0.25) is 0 Å². The first-order chi connectivity index (χ1) is 7.95. The number of nitro benzene ring substituents is 1. The maximum atomic E-state index is 10.7. The van der Waals surface area contributed by atoms with Crippen molar-refractivity contribution in [1.82, 2.24) is 0 Å². The van der Waals surface area contributed by atoms with Crippen molar-refractivity contribution in [2.75, 3.05) is 0 Å². The average Bonchev–Trinajstić information content (AvgIpc) is 2.28. The summed E-state index contributed by atoms with van der Waals surface area (Å²) in [5.74, 6) is 0.960. The zero-order valence-corrected chi connectivity index (χ0v) is 8.91. The van der Waals surface area contributed by atoms with Crippen molar-refractivity contribution in [1.29, 1.82) is 0 Å². The fourth-order valence-electron chi connectivity index (χ4n) is 1.12. The maximum Gasteiger partial charge on any atom is 0.335 e. The molecular weight excluding hydrogens is 226 g/mol. The molecule has 0 radical (unpaired) electrons. The van der Waals surface area contributed by atoms with E-state index in [0.717, 1.165) is 6.07 Å². The van der Waals surface area contributed by atoms with E-state index in [9.17, 15) is 14.9 Å². The molecule has 0 fully saturated rings. The van der Waals surface area contributed by atoms with Gasteiger partial charge in [0.15, 0.2) is 11.9 Å². The van der Waals surface area contributed by atoms with Crippen LogP contribution >= 0.6 is 0 Å². The van der Waals surface area contributed by atoms with Crippen LogP contribution in [0.15, 0.2) is 18.2 Å². The van der Waals surface area contributed by atoms with E-state index in [1.807, 2.05) is 0 Å². The van der Waals surface area contributed by atoms with Crippen molar-refractivity contribution in [3.05, 3.63) is 33.9 Å². The number of hydrogen-bond donors (Lipinski definition) is 1. The van der Waals surface area contributed by atoms with Crippen LogP contribution in [-0.4, -0.2) is 22.1 Å². The summed E-state index contributed by atoms with van der Waals surface area (Å²) in [4.78, 5) is 20.7. The SMILES string of the molecule is C#CC(C)Oc1ccc(C(=O)O)cc1[N+](=O)[O-]. The van der Waals surface area contributed by atoms with Gasteiger partial charge < -0.3 is 9.84 Å². The first kappa shape index (κ1) is 12.5. The number of carboxylic acid groups (broad SMARTS) is 1. The molecule has 0 aliphatic heterocycles. The largest absolute Gasteiger partial charge is 0.478 e. The Bertz CT molecular complexity index is 503. The van der Waals surface area contributed by atoms with E-state index in [4.69, 9.17) is 16.3 Å². The third kappa shape index (κ3) is 2.95. The molecular formula is C11H9NO5. The maximum absolute atomic E-state index is 10.7.